The second-order valence-electron chi connectivity index (χ2n) is 5.59. The molecule has 0 heterocycles. The number of rotatable bonds is 6. The molecule has 0 saturated heterocycles. The number of amides is 1. The summed E-state index contributed by atoms with van der Waals surface area (Å²) < 4.78 is 4.87. The zero-order valence-corrected chi connectivity index (χ0v) is 14.4. The molecule has 7 heteroatoms. The molecule has 2 aromatic carbocycles. The first kappa shape index (κ1) is 18.9. The SMILES string of the molecule is Cc1cccc(NC(=O)COC(=O)/C=C/c2cccc([N+](=O)[O-])c2)c1C. The van der Waals surface area contributed by atoms with Crippen molar-refractivity contribution in [2.45, 2.75) is 13.8 Å². The molecule has 1 amide bonds. The standard InChI is InChI=1S/C19H18N2O5/c1-13-5-3-8-17(14(13)2)20-18(22)12-26-19(23)10-9-15-6-4-7-16(11-15)21(24)25/h3-11H,12H2,1-2H3,(H,20,22)/b10-9+. The number of nitro benzene ring substituents is 1. The normalized spacial score (nSPS) is 10.5. The Labute approximate surface area is 150 Å². The first-order valence-corrected chi connectivity index (χ1v) is 7.82. The van der Waals surface area contributed by atoms with Gasteiger partial charge in [0.05, 0.1) is 4.92 Å². The molecule has 0 aromatic heterocycles. The summed E-state index contributed by atoms with van der Waals surface area (Å²) in [4.78, 5) is 33.8. The number of ether oxygens (including phenoxy) is 1. The summed E-state index contributed by atoms with van der Waals surface area (Å²) in [6.45, 7) is 3.40. The number of anilines is 1. The Kier molecular flexibility index (Phi) is 6.21. The molecular formula is C19H18N2O5. The number of non-ortho nitro benzene ring substituents is 1. The maximum Gasteiger partial charge on any atom is 0.331 e. The van der Waals surface area contributed by atoms with E-state index in [1.54, 1.807) is 12.1 Å². The lowest BCUT2D eigenvalue weighted by molar-refractivity contribution is -0.384. The summed E-state index contributed by atoms with van der Waals surface area (Å²) in [5.41, 5.74) is 3.06. The van der Waals surface area contributed by atoms with Crippen LogP contribution in [0.4, 0.5) is 11.4 Å². The number of nitro groups is 1. The number of carbonyl (C=O) groups is 2. The topological polar surface area (TPSA) is 98.5 Å². The lowest BCUT2D eigenvalue weighted by Gasteiger charge is -2.10. The van der Waals surface area contributed by atoms with Gasteiger partial charge in [-0.25, -0.2) is 4.79 Å². The summed E-state index contributed by atoms with van der Waals surface area (Å²) in [6, 6.07) is 11.3. The van der Waals surface area contributed by atoms with E-state index in [0.717, 1.165) is 17.2 Å². The summed E-state index contributed by atoms with van der Waals surface area (Å²) in [7, 11) is 0. The maximum absolute atomic E-state index is 11.9. The van der Waals surface area contributed by atoms with E-state index in [1.807, 2.05) is 26.0 Å². The van der Waals surface area contributed by atoms with Crippen LogP contribution in [-0.2, 0) is 14.3 Å². The van der Waals surface area contributed by atoms with Gasteiger partial charge in [-0.3, -0.25) is 14.9 Å². The Morgan fingerprint density at radius 1 is 1.19 bits per heavy atom. The van der Waals surface area contributed by atoms with Crippen LogP contribution in [0.15, 0.2) is 48.5 Å². The van der Waals surface area contributed by atoms with Crippen LogP contribution in [0.3, 0.4) is 0 Å². The summed E-state index contributed by atoms with van der Waals surface area (Å²) in [5.74, 6) is -1.16. The first-order valence-electron chi connectivity index (χ1n) is 7.82. The summed E-state index contributed by atoms with van der Waals surface area (Å²) >= 11 is 0. The maximum atomic E-state index is 11.9. The average Bonchev–Trinajstić information content (AvgIpc) is 2.62. The summed E-state index contributed by atoms with van der Waals surface area (Å²) in [6.07, 6.45) is 2.50. The molecule has 0 spiro atoms. The van der Waals surface area contributed by atoms with E-state index in [1.165, 1.54) is 24.3 Å². The van der Waals surface area contributed by atoms with Crippen LogP contribution in [0.2, 0.25) is 0 Å². The number of nitrogens with one attached hydrogen (secondary N) is 1. The molecule has 7 nitrogen and oxygen atoms in total. The number of hydrogen-bond acceptors (Lipinski definition) is 5. The molecule has 2 aromatic rings. The lowest BCUT2D eigenvalue weighted by Crippen LogP contribution is -2.20. The second-order valence-corrected chi connectivity index (χ2v) is 5.59. The second kappa shape index (κ2) is 8.57. The molecule has 0 unspecified atom stereocenters. The van der Waals surface area contributed by atoms with Crippen LogP contribution in [-0.4, -0.2) is 23.4 Å². The van der Waals surface area contributed by atoms with Gasteiger partial charge in [0.25, 0.3) is 11.6 Å². The van der Waals surface area contributed by atoms with Crippen molar-refractivity contribution in [2.24, 2.45) is 0 Å². The van der Waals surface area contributed by atoms with Crippen LogP contribution in [0, 0.1) is 24.0 Å². The number of hydrogen-bond donors (Lipinski definition) is 1. The molecule has 0 aliphatic heterocycles. The average molecular weight is 354 g/mol. The minimum absolute atomic E-state index is 0.0755. The van der Waals surface area contributed by atoms with Crippen molar-refractivity contribution in [1.82, 2.24) is 0 Å². The number of benzene rings is 2. The van der Waals surface area contributed by atoms with Gasteiger partial charge in [0.15, 0.2) is 6.61 Å². The highest BCUT2D eigenvalue weighted by Crippen LogP contribution is 2.17. The highest BCUT2D eigenvalue weighted by Gasteiger charge is 2.08. The van der Waals surface area contributed by atoms with Crippen LogP contribution in [0.25, 0.3) is 6.08 Å². The molecule has 2 rings (SSSR count). The van der Waals surface area contributed by atoms with E-state index in [2.05, 4.69) is 5.32 Å². The quantitative estimate of drug-likeness (QED) is 0.371. The van der Waals surface area contributed by atoms with Crippen LogP contribution < -0.4 is 5.32 Å². The van der Waals surface area contributed by atoms with Crippen molar-refractivity contribution in [1.29, 1.82) is 0 Å². The number of carbonyl (C=O) groups excluding carboxylic acids is 2. The fraction of sp³-hybridized carbons (Fsp3) is 0.158. The van der Waals surface area contributed by atoms with Gasteiger partial charge < -0.3 is 10.1 Å². The molecule has 1 N–H and O–H groups in total. The molecule has 0 aliphatic rings. The van der Waals surface area contributed by atoms with Crippen LogP contribution in [0.1, 0.15) is 16.7 Å². The molecule has 0 bridgehead atoms. The lowest BCUT2D eigenvalue weighted by atomic mass is 10.1. The molecule has 0 atom stereocenters. The van der Waals surface area contributed by atoms with Gasteiger partial charge in [-0.2, -0.15) is 0 Å². The fourth-order valence-corrected chi connectivity index (χ4v) is 2.16. The zero-order chi connectivity index (χ0) is 19.1. The molecule has 134 valence electrons. The van der Waals surface area contributed by atoms with Gasteiger partial charge in [-0.1, -0.05) is 24.3 Å². The smallest absolute Gasteiger partial charge is 0.331 e. The minimum Gasteiger partial charge on any atom is -0.452 e. The molecule has 26 heavy (non-hydrogen) atoms. The van der Waals surface area contributed by atoms with Gasteiger partial charge in [0.1, 0.15) is 0 Å². The zero-order valence-electron chi connectivity index (χ0n) is 14.4. The van der Waals surface area contributed by atoms with E-state index in [0.29, 0.717) is 11.3 Å². The van der Waals surface area contributed by atoms with Gasteiger partial charge in [-0.05, 0) is 42.7 Å². The van der Waals surface area contributed by atoms with Crippen LogP contribution in [0.5, 0.6) is 0 Å². The Hall–Kier alpha value is -3.48. The predicted octanol–water partition coefficient (Wildman–Crippen LogP) is 3.41. The third-order valence-electron chi connectivity index (χ3n) is 3.72. The molecular weight excluding hydrogens is 336 g/mol. The van der Waals surface area contributed by atoms with E-state index < -0.39 is 23.4 Å². The molecule has 0 radical (unpaired) electrons. The fourth-order valence-electron chi connectivity index (χ4n) is 2.16. The van der Waals surface area contributed by atoms with Gasteiger partial charge in [0, 0.05) is 23.9 Å². The Morgan fingerprint density at radius 2 is 1.92 bits per heavy atom. The monoisotopic (exact) mass is 354 g/mol. The molecule has 0 saturated carbocycles. The van der Waals surface area contributed by atoms with Crippen molar-refractivity contribution in [3.8, 4) is 0 Å². The van der Waals surface area contributed by atoms with E-state index >= 15 is 0 Å². The number of nitrogens with zero attached hydrogens (tertiary/aromatic N) is 1. The minimum atomic E-state index is -0.715. The summed E-state index contributed by atoms with van der Waals surface area (Å²) in [5, 5.41) is 13.4. The van der Waals surface area contributed by atoms with E-state index in [-0.39, 0.29) is 5.69 Å². The van der Waals surface area contributed by atoms with Crippen molar-refractivity contribution < 1.29 is 19.2 Å². The predicted molar refractivity (Wildman–Crippen MR) is 97.6 cm³/mol. The van der Waals surface area contributed by atoms with Crippen molar-refractivity contribution in [3.63, 3.8) is 0 Å². The third kappa shape index (κ3) is 5.27. The Balaban J connectivity index is 1.88. The molecule has 0 aliphatic carbocycles. The van der Waals surface area contributed by atoms with E-state index in [4.69, 9.17) is 4.74 Å². The highest BCUT2D eigenvalue weighted by atomic mass is 16.6. The van der Waals surface area contributed by atoms with Crippen molar-refractivity contribution in [2.75, 3.05) is 11.9 Å². The highest BCUT2D eigenvalue weighted by molar-refractivity contribution is 5.95. The first-order chi connectivity index (χ1) is 12.4. The molecule has 0 fully saturated rings. The van der Waals surface area contributed by atoms with Crippen LogP contribution >= 0.6 is 0 Å². The van der Waals surface area contributed by atoms with Crippen molar-refractivity contribution >= 4 is 29.3 Å². The van der Waals surface area contributed by atoms with Gasteiger partial charge >= 0.3 is 5.97 Å². The number of aryl methyl sites for hydroxylation is 1. The Bertz CT molecular complexity index is 874. The Morgan fingerprint density at radius 3 is 2.65 bits per heavy atom. The van der Waals surface area contributed by atoms with Gasteiger partial charge in [-0.15, -0.1) is 0 Å². The third-order valence-corrected chi connectivity index (χ3v) is 3.72. The largest absolute Gasteiger partial charge is 0.452 e. The van der Waals surface area contributed by atoms with E-state index in [9.17, 15) is 19.7 Å². The number of esters is 1. The van der Waals surface area contributed by atoms with Gasteiger partial charge in [0.2, 0.25) is 0 Å². The van der Waals surface area contributed by atoms with Crippen molar-refractivity contribution in [3.05, 3.63) is 75.3 Å².